The van der Waals surface area contributed by atoms with Gasteiger partial charge >= 0.3 is 0 Å². The van der Waals surface area contributed by atoms with Gasteiger partial charge in [0.15, 0.2) is 5.78 Å². The predicted molar refractivity (Wildman–Crippen MR) is 112 cm³/mol. The van der Waals surface area contributed by atoms with Crippen molar-refractivity contribution in [3.8, 4) is 5.75 Å². The fourth-order valence-electron chi connectivity index (χ4n) is 2.94. The van der Waals surface area contributed by atoms with E-state index in [2.05, 4.69) is 22.4 Å². The number of hydrogen-bond donors (Lipinski definition) is 1. The van der Waals surface area contributed by atoms with Gasteiger partial charge in [-0.25, -0.2) is 4.98 Å². The van der Waals surface area contributed by atoms with Gasteiger partial charge in [-0.1, -0.05) is 36.4 Å². The molecule has 1 heterocycles. The van der Waals surface area contributed by atoms with Crippen molar-refractivity contribution in [2.45, 2.75) is 26.9 Å². The number of ketones is 1. The molecule has 0 fully saturated rings. The van der Waals surface area contributed by atoms with E-state index in [4.69, 9.17) is 9.47 Å². The molecule has 0 saturated carbocycles. The van der Waals surface area contributed by atoms with Gasteiger partial charge in [0.25, 0.3) is 0 Å². The Labute approximate surface area is 165 Å². The molecular formula is C23H26N2O3. The van der Waals surface area contributed by atoms with E-state index < -0.39 is 0 Å². The lowest BCUT2D eigenvalue weighted by Crippen LogP contribution is -2.10. The Balaban J connectivity index is 1.43. The number of pyridine rings is 1. The zero-order valence-corrected chi connectivity index (χ0v) is 16.4. The molecule has 0 aliphatic rings. The maximum atomic E-state index is 11.2. The zero-order valence-electron chi connectivity index (χ0n) is 16.4. The van der Waals surface area contributed by atoms with Crippen molar-refractivity contribution in [1.29, 1.82) is 0 Å². The van der Waals surface area contributed by atoms with E-state index in [0.29, 0.717) is 13.2 Å². The van der Waals surface area contributed by atoms with Crippen LogP contribution in [0.1, 0.15) is 24.5 Å². The van der Waals surface area contributed by atoms with Crippen LogP contribution in [0.4, 0.5) is 5.82 Å². The Morgan fingerprint density at radius 1 is 1.07 bits per heavy atom. The minimum atomic E-state index is 0.00324. The lowest BCUT2D eigenvalue weighted by Gasteiger charge is -2.13. The number of carbonyl (C=O) groups is 1. The Kier molecular flexibility index (Phi) is 6.98. The number of benzene rings is 2. The van der Waals surface area contributed by atoms with Gasteiger partial charge in [-0.3, -0.25) is 4.79 Å². The molecule has 3 aromatic rings. The predicted octanol–water partition coefficient (Wildman–Crippen LogP) is 4.53. The molecular weight excluding hydrogens is 352 g/mol. The first kappa shape index (κ1) is 19.8. The third kappa shape index (κ3) is 5.54. The van der Waals surface area contributed by atoms with E-state index in [0.717, 1.165) is 46.6 Å². The molecule has 0 spiro atoms. The van der Waals surface area contributed by atoms with Gasteiger partial charge in [0.1, 0.15) is 18.2 Å². The molecule has 0 aliphatic carbocycles. The molecule has 146 valence electrons. The minimum Gasteiger partial charge on any atom is -0.485 e. The van der Waals surface area contributed by atoms with Crippen molar-refractivity contribution < 1.29 is 14.3 Å². The number of ether oxygens (including phenoxy) is 2. The van der Waals surface area contributed by atoms with E-state index in [1.807, 2.05) is 49.4 Å². The van der Waals surface area contributed by atoms with Gasteiger partial charge < -0.3 is 14.8 Å². The van der Waals surface area contributed by atoms with Crippen LogP contribution < -0.4 is 10.1 Å². The number of anilines is 1. The maximum absolute atomic E-state index is 11.2. The summed E-state index contributed by atoms with van der Waals surface area (Å²) in [6.07, 6.45) is 0.865. The van der Waals surface area contributed by atoms with Crippen LogP contribution in [-0.4, -0.2) is 30.5 Å². The number of aromatic nitrogens is 1. The van der Waals surface area contributed by atoms with Gasteiger partial charge in [-0.15, -0.1) is 0 Å². The molecule has 0 aliphatic heterocycles. The monoisotopic (exact) mass is 378 g/mol. The summed E-state index contributed by atoms with van der Waals surface area (Å²) in [6, 6.07) is 18.1. The highest BCUT2D eigenvalue weighted by Gasteiger charge is 2.08. The highest BCUT2D eigenvalue weighted by Crippen LogP contribution is 2.24. The van der Waals surface area contributed by atoms with Crippen LogP contribution in [0.3, 0.4) is 0 Å². The Morgan fingerprint density at radius 2 is 1.93 bits per heavy atom. The Morgan fingerprint density at radius 3 is 2.79 bits per heavy atom. The van der Waals surface area contributed by atoms with Gasteiger partial charge in [-0.2, -0.15) is 0 Å². The highest BCUT2D eigenvalue weighted by atomic mass is 16.5. The van der Waals surface area contributed by atoms with Gasteiger partial charge in [0, 0.05) is 24.1 Å². The summed E-state index contributed by atoms with van der Waals surface area (Å²) in [5.74, 6) is 1.62. The van der Waals surface area contributed by atoms with Crippen molar-refractivity contribution in [3.63, 3.8) is 0 Å². The minimum absolute atomic E-state index is 0.00324. The molecule has 0 unspecified atom stereocenters. The lowest BCUT2D eigenvalue weighted by atomic mass is 10.1. The molecule has 0 saturated heterocycles. The van der Waals surface area contributed by atoms with E-state index in [1.54, 1.807) is 0 Å². The summed E-state index contributed by atoms with van der Waals surface area (Å²) in [7, 11) is 0. The largest absolute Gasteiger partial charge is 0.485 e. The summed E-state index contributed by atoms with van der Waals surface area (Å²) < 4.78 is 11.5. The number of para-hydroxylation sites is 2. The van der Waals surface area contributed by atoms with Crippen LogP contribution in [0.5, 0.6) is 5.75 Å². The van der Waals surface area contributed by atoms with Crippen LogP contribution in [0.15, 0.2) is 54.6 Å². The second-order valence-corrected chi connectivity index (χ2v) is 6.78. The summed E-state index contributed by atoms with van der Waals surface area (Å²) in [5.41, 5.74) is 2.96. The van der Waals surface area contributed by atoms with E-state index in [-0.39, 0.29) is 12.4 Å². The number of Topliss-reactive ketones (excluding diaryl/α,β-unsaturated/α-hetero) is 1. The second-order valence-electron chi connectivity index (χ2n) is 6.78. The van der Waals surface area contributed by atoms with Crippen molar-refractivity contribution in [3.05, 3.63) is 65.7 Å². The molecule has 0 radical (unpaired) electrons. The van der Waals surface area contributed by atoms with Crippen LogP contribution in [0, 0.1) is 6.92 Å². The fraction of sp³-hybridized carbons (Fsp3) is 0.304. The van der Waals surface area contributed by atoms with Gasteiger partial charge in [-0.05, 0) is 44.0 Å². The molecule has 28 heavy (non-hydrogen) atoms. The van der Waals surface area contributed by atoms with Gasteiger partial charge in [0.05, 0.1) is 12.1 Å². The van der Waals surface area contributed by atoms with E-state index in [9.17, 15) is 4.79 Å². The molecule has 3 rings (SSSR count). The number of nitrogens with one attached hydrogen (secondary N) is 1. The maximum Gasteiger partial charge on any atom is 0.167 e. The van der Waals surface area contributed by atoms with Crippen molar-refractivity contribution in [2.75, 3.05) is 25.1 Å². The molecule has 5 nitrogen and oxygen atoms in total. The summed E-state index contributed by atoms with van der Waals surface area (Å²) in [4.78, 5) is 15.8. The lowest BCUT2D eigenvalue weighted by molar-refractivity contribution is -0.118. The standard InChI is InChI=1S/C23H26N2O3/c1-17-7-5-9-20(23(17)28-15-18(2)26)16-27-14-6-13-24-22-12-11-19-8-3-4-10-21(19)25-22/h3-5,7-12H,6,13-16H2,1-2H3,(H,24,25). The number of nitrogens with zero attached hydrogens (tertiary/aromatic N) is 1. The fourth-order valence-corrected chi connectivity index (χ4v) is 2.94. The molecule has 0 atom stereocenters. The molecule has 1 aromatic heterocycles. The SMILES string of the molecule is CC(=O)COc1c(C)cccc1COCCCNc1ccc2ccccc2n1. The van der Waals surface area contributed by atoms with E-state index >= 15 is 0 Å². The third-order valence-electron chi connectivity index (χ3n) is 4.34. The molecule has 0 amide bonds. The average Bonchev–Trinajstić information content (AvgIpc) is 2.69. The first-order chi connectivity index (χ1) is 13.6. The number of fused-ring (bicyclic) bond motifs is 1. The first-order valence-electron chi connectivity index (χ1n) is 9.51. The van der Waals surface area contributed by atoms with Crippen molar-refractivity contribution in [2.24, 2.45) is 0 Å². The summed E-state index contributed by atoms with van der Waals surface area (Å²) >= 11 is 0. The zero-order chi connectivity index (χ0) is 19.8. The number of rotatable bonds is 10. The van der Waals surface area contributed by atoms with Crippen molar-refractivity contribution >= 4 is 22.5 Å². The second kappa shape index (κ2) is 9.85. The normalized spacial score (nSPS) is 10.8. The summed E-state index contributed by atoms with van der Waals surface area (Å²) in [6.45, 7) is 5.45. The number of hydrogen-bond acceptors (Lipinski definition) is 5. The van der Waals surface area contributed by atoms with Crippen LogP contribution in [-0.2, 0) is 16.1 Å². The Hall–Kier alpha value is -2.92. The third-order valence-corrected chi connectivity index (χ3v) is 4.34. The molecule has 2 aromatic carbocycles. The molecule has 1 N–H and O–H groups in total. The van der Waals surface area contributed by atoms with Gasteiger partial charge in [0.2, 0.25) is 0 Å². The van der Waals surface area contributed by atoms with Crippen molar-refractivity contribution in [1.82, 2.24) is 4.98 Å². The highest BCUT2D eigenvalue weighted by molar-refractivity contribution is 5.80. The van der Waals surface area contributed by atoms with Crippen LogP contribution in [0.2, 0.25) is 0 Å². The smallest absolute Gasteiger partial charge is 0.167 e. The van der Waals surface area contributed by atoms with Crippen LogP contribution in [0.25, 0.3) is 10.9 Å². The molecule has 5 heteroatoms. The summed E-state index contributed by atoms with van der Waals surface area (Å²) in [5, 5.41) is 4.47. The Bertz CT molecular complexity index is 940. The topological polar surface area (TPSA) is 60.5 Å². The molecule has 0 bridgehead atoms. The average molecular weight is 378 g/mol. The number of carbonyl (C=O) groups excluding carboxylic acids is 1. The quantitative estimate of drug-likeness (QED) is 0.525. The first-order valence-corrected chi connectivity index (χ1v) is 9.51. The van der Waals surface area contributed by atoms with Crippen LogP contribution >= 0.6 is 0 Å². The van der Waals surface area contributed by atoms with E-state index in [1.165, 1.54) is 6.92 Å². The number of aryl methyl sites for hydroxylation is 1.